The average Bonchev–Trinajstić information content (AvgIpc) is 2.24. The van der Waals surface area contributed by atoms with Crippen molar-refractivity contribution in [2.45, 2.75) is 58.2 Å². The van der Waals surface area contributed by atoms with Gasteiger partial charge in [-0.25, -0.2) is 4.79 Å². The van der Waals surface area contributed by atoms with E-state index in [9.17, 15) is 4.79 Å². The van der Waals surface area contributed by atoms with Gasteiger partial charge in [-0.3, -0.25) is 4.90 Å². The van der Waals surface area contributed by atoms with E-state index < -0.39 is 11.4 Å². The summed E-state index contributed by atoms with van der Waals surface area (Å²) in [5.74, 6) is -0.609. The molecule has 0 unspecified atom stereocenters. The molecule has 1 fully saturated rings. The van der Waals surface area contributed by atoms with Gasteiger partial charge in [-0.05, 0) is 34.6 Å². The molecule has 0 radical (unpaired) electrons. The Morgan fingerprint density at radius 1 is 1.42 bits per heavy atom. The van der Waals surface area contributed by atoms with E-state index in [1.54, 1.807) is 4.90 Å². The molecule has 0 spiro atoms. The minimum absolute atomic E-state index is 0.118. The van der Waals surface area contributed by atoms with Crippen molar-refractivity contribution in [3.63, 3.8) is 0 Å². The van der Waals surface area contributed by atoms with Crippen molar-refractivity contribution in [3.05, 3.63) is 12.2 Å². The lowest BCUT2D eigenvalue weighted by Gasteiger charge is -2.46. The molecule has 2 aliphatic heterocycles. The summed E-state index contributed by atoms with van der Waals surface area (Å²) >= 11 is 0. The van der Waals surface area contributed by atoms with Crippen LogP contribution in [0.5, 0.6) is 0 Å². The summed E-state index contributed by atoms with van der Waals surface area (Å²) in [6, 6.07) is -0.118. The SMILES string of the molecule is CC(C)(C)OC(=O)N1CC=C[C@@H]2OC(C)(C)OC[C@H]21. The van der Waals surface area contributed by atoms with Crippen molar-refractivity contribution in [2.75, 3.05) is 13.2 Å². The second-order valence-electron chi connectivity index (χ2n) is 6.42. The van der Waals surface area contributed by atoms with E-state index in [2.05, 4.69) is 0 Å². The van der Waals surface area contributed by atoms with Crippen LogP contribution < -0.4 is 0 Å². The van der Waals surface area contributed by atoms with Gasteiger partial charge >= 0.3 is 6.09 Å². The third-order valence-electron chi connectivity index (χ3n) is 3.06. The van der Waals surface area contributed by atoms with Crippen LogP contribution in [-0.2, 0) is 14.2 Å². The van der Waals surface area contributed by atoms with Gasteiger partial charge in [-0.2, -0.15) is 0 Å². The molecule has 0 aliphatic carbocycles. The van der Waals surface area contributed by atoms with Crippen LogP contribution in [0.1, 0.15) is 34.6 Å². The number of fused-ring (bicyclic) bond motifs is 1. The zero-order chi connectivity index (χ0) is 14.3. The van der Waals surface area contributed by atoms with Crippen LogP contribution in [0.2, 0.25) is 0 Å². The van der Waals surface area contributed by atoms with E-state index in [0.717, 1.165) is 0 Å². The molecule has 1 amide bonds. The Morgan fingerprint density at radius 3 is 2.74 bits per heavy atom. The van der Waals surface area contributed by atoms with Crippen LogP contribution in [-0.4, -0.2) is 47.7 Å². The van der Waals surface area contributed by atoms with Gasteiger partial charge in [0.1, 0.15) is 11.7 Å². The molecule has 0 N–H and O–H groups in total. The summed E-state index contributed by atoms with van der Waals surface area (Å²) in [7, 11) is 0. The van der Waals surface area contributed by atoms with Crippen molar-refractivity contribution in [2.24, 2.45) is 0 Å². The summed E-state index contributed by atoms with van der Waals surface area (Å²) in [5, 5.41) is 0. The van der Waals surface area contributed by atoms with Crippen LogP contribution in [0.4, 0.5) is 4.79 Å². The molecule has 19 heavy (non-hydrogen) atoms. The van der Waals surface area contributed by atoms with E-state index in [0.29, 0.717) is 13.2 Å². The number of carbonyl (C=O) groups is 1. The van der Waals surface area contributed by atoms with Gasteiger partial charge < -0.3 is 14.2 Å². The Hall–Kier alpha value is -1.07. The van der Waals surface area contributed by atoms with Gasteiger partial charge in [0.05, 0.1) is 12.6 Å². The minimum atomic E-state index is -0.609. The topological polar surface area (TPSA) is 48.0 Å². The molecule has 2 aliphatic rings. The Kier molecular flexibility index (Phi) is 3.62. The van der Waals surface area contributed by atoms with Crippen molar-refractivity contribution in [1.29, 1.82) is 0 Å². The fourth-order valence-corrected chi connectivity index (χ4v) is 2.23. The molecule has 0 bridgehead atoms. The van der Waals surface area contributed by atoms with E-state index in [1.165, 1.54) is 0 Å². The Labute approximate surface area is 114 Å². The average molecular weight is 269 g/mol. The van der Waals surface area contributed by atoms with Gasteiger partial charge in [0.2, 0.25) is 0 Å². The summed E-state index contributed by atoms with van der Waals surface area (Å²) in [4.78, 5) is 13.9. The monoisotopic (exact) mass is 269 g/mol. The van der Waals surface area contributed by atoms with E-state index in [1.807, 2.05) is 46.8 Å². The summed E-state index contributed by atoms with van der Waals surface area (Å²) < 4.78 is 16.9. The molecule has 0 aromatic rings. The molecule has 2 rings (SSSR count). The highest BCUT2D eigenvalue weighted by atomic mass is 16.7. The number of hydrogen-bond acceptors (Lipinski definition) is 4. The lowest BCUT2D eigenvalue weighted by Crippen LogP contribution is -2.59. The smallest absolute Gasteiger partial charge is 0.411 e. The third kappa shape index (κ3) is 3.48. The van der Waals surface area contributed by atoms with Crippen molar-refractivity contribution in [3.8, 4) is 0 Å². The molecule has 1 saturated heterocycles. The quantitative estimate of drug-likeness (QED) is 0.633. The molecule has 108 valence electrons. The number of carbonyl (C=O) groups excluding carboxylic acids is 1. The first-order valence-corrected chi connectivity index (χ1v) is 6.66. The Morgan fingerprint density at radius 2 is 2.11 bits per heavy atom. The first-order chi connectivity index (χ1) is 8.68. The van der Waals surface area contributed by atoms with Crippen molar-refractivity contribution >= 4 is 6.09 Å². The predicted octanol–water partition coefficient (Wildman–Crippen LogP) is 2.31. The second kappa shape index (κ2) is 4.80. The highest BCUT2D eigenvalue weighted by molar-refractivity contribution is 5.69. The maximum absolute atomic E-state index is 12.2. The zero-order valence-corrected chi connectivity index (χ0v) is 12.3. The summed E-state index contributed by atoms with van der Waals surface area (Å²) in [6.07, 6.45) is 3.48. The molecule has 5 heteroatoms. The van der Waals surface area contributed by atoms with E-state index >= 15 is 0 Å². The number of ether oxygens (including phenoxy) is 3. The van der Waals surface area contributed by atoms with E-state index in [-0.39, 0.29) is 18.2 Å². The van der Waals surface area contributed by atoms with Crippen LogP contribution in [0.15, 0.2) is 12.2 Å². The van der Waals surface area contributed by atoms with Crippen LogP contribution in [0.3, 0.4) is 0 Å². The number of hydrogen-bond donors (Lipinski definition) is 0. The first kappa shape index (κ1) is 14.3. The largest absolute Gasteiger partial charge is 0.444 e. The van der Waals surface area contributed by atoms with Gasteiger partial charge in [-0.15, -0.1) is 0 Å². The predicted molar refractivity (Wildman–Crippen MR) is 70.8 cm³/mol. The number of rotatable bonds is 0. The molecular formula is C14H23NO4. The maximum atomic E-state index is 12.2. The van der Waals surface area contributed by atoms with Gasteiger partial charge in [0, 0.05) is 6.54 Å². The standard InChI is InChI=1S/C14H23NO4/c1-13(2,3)19-12(16)15-8-6-7-11-10(15)9-17-14(4,5)18-11/h6-7,10-11H,8-9H2,1-5H3/t10-,11+/m1/s1. The van der Waals surface area contributed by atoms with Crippen LogP contribution >= 0.6 is 0 Å². The fourth-order valence-electron chi connectivity index (χ4n) is 2.23. The van der Waals surface area contributed by atoms with Crippen molar-refractivity contribution < 1.29 is 19.0 Å². The first-order valence-electron chi connectivity index (χ1n) is 6.66. The van der Waals surface area contributed by atoms with Gasteiger partial charge in [0.25, 0.3) is 0 Å². The lowest BCUT2D eigenvalue weighted by atomic mass is 10.0. The van der Waals surface area contributed by atoms with Gasteiger partial charge in [-0.1, -0.05) is 12.2 Å². The normalized spacial score (nSPS) is 29.8. The Balaban J connectivity index is 2.08. The summed E-state index contributed by atoms with van der Waals surface area (Å²) in [5.41, 5.74) is -0.497. The molecule has 0 aromatic carbocycles. The molecular weight excluding hydrogens is 246 g/mol. The number of nitrogens with zero attached hydrogens (tertiary/aromatic N) is 1. The molecule has 0 saturated carbocycles. The fraction of sp³-hybridized carbons (Fsp3) is 0.786. The summed E-state index contributed by atoms with van der Waals surface area (Å²) in [6.45, 7) is 10.3. The lowest BCUT2D eigenvalue weighted by molar-refractivity contribution is -0.282. The van der Waals surface area contributed by atoms with Crippen LogP contribution in [0.25, 0.3) is 0 Å². The molecule has 0 aromatic heterocycles. The zero-order valence-electron chi connectivity index (χ0n) is 12.3. The maximum Gasteiger partial charge on any atom is 0.411 e. The minimum Gasteiger partial charge on any atom is -0.444 e. The van der Waals surface area contributed by atoms with E-state index in [4.69, 9.17) is 14.2 Å². The highest BCUT2D eigenvalue weighted by Crippen LogP contribution is 2.29. The van der Waals surface area contributed by atoms with Crippen molar-refractivity contribution in [1.82, 2.24) is 4.90 Å². The second-order valence-corrected chi connectivity index (χ2v) is 6.42. The highest BCUT2D eigenvalue weighted by Gasteiger charge is 2.42. The third-order valence-corrected chi connectivity index (χ3v) is 3.06. The molecule has 2 atom stereocenters. The van der Waals surface area contributed by atoms with Crippen LogP contribution in [0, 0.1) is 0 Å². The Bertz CT molecular complexity index is 383. The number of amides is 1. The molecule has 2 heterocycles. The van der Waals surface area contributed by atoms with Gasteiger partial charge in [0.15, 0.2) is 5.79 Å². The molecule has 5 nitrogen and oxygen atoms in total.